The van der Waals surface area contributed by atoms with Crippen LogP contribution in [0, 0.1) is 5.92 Å². The minimum atomic E-state index is -0.582. The number of carbonyl (C=O) groups is 3. The third-order valence-electron chi connectivity index (χ3n) is 5.24. The molecule has 160 valence electrons. The molecule has 1 saturated heterocycles. The van der Waals surface area contributed by atoms with Crippen molar-refractivity contribution in [1.82, 2.24) is 9.88 Å². The van der Waals surface area contributed by atoms with Crippen molar-refractivity contribution in [3.05, 3.63) is 53.6 Å². The molecular weight excluding hydrogens is 414 g/mol. The summed E-state index contributed by atoms with van der Waals surface area (Å²) in [6.45, 7) is 3.08. The Balaban J connectivity index is 1.22. The lowest BCUT2D eigenvalue weighted by Crippen LogP contribution is -2.48. The summed E-state index contributed by atoms with van der Waals surface area (Å²) in [5.41, 5.74) is 1.97. The number of aromatic nitrogens is 1. The van der Waals surface area contributed by atoms with Crippen molar-refractivity contribution in [2.45, 2.75) is 12.8 Å². The van der Waals surface area contributed by atoms with Crippen LogP contribution in [0.5, 0.6) is 0 Å². The van der Waals surface area contributed by atoms with Gasteiger partial charge in [0.2, 0.25) is 11.8 Å². The van der Waals surface area contributed by atoms with Gasteiger partial charge < -0.3 is 15.1 Å². The van der Waals surface area contributed by atoms with Gasteiger partial charge in [0.15, 0.2) is 5.13 Å². The molecule has 0 bridgehead atoms. The van der Waals surface area contributed by atoms with Gasteiger partial charge in [-0.3, -0.25) is 14.4 Å². The fourth-order valence-electron chi connectivity index (χ4n) is 3.50. The molecule has 3 amide bonds. The molecule has 31 heavy (non-hydrogen) atoms. The second-order valence-electron chi connectivity index (χ2n) is 7.34. The average Bonchev–Trinajstić information content (AvgIpc) is 3.26. The molecule has 3 heterocycles. The number of nitrogens with zero attached hydrogens (tertiary/aromatic N) is 4. The number of carbonyl (C=O) groups excluding carboxylic acids is 3. The van der Waals surface area contributed by atoms with Crippen molar-refractivity contribution in [3.63, 3.8) is 0 Å². The van der Waals surface area contributed by atoms with Crippen LogP contribution in [0.1, 0.15) is 12.1 Å². The Morgan fingerprint density at radius 3 is 2.61 bits per heavy atom. The molecule has 4 rings (SSSR count). The first-order chi connectivity index (χ1) is 15.1. The first-order valence-corrected chi connectivity index (χ1v) is 11.1. The van der Waals surface area contributed by atoms with Gasteiger partial charge in [0, 0.05) is 56.0 Å². The molecule has 8 nitrogen and oxygen atoms in total. The van der Waals surface area contributed by atoms with Crippen LogP contribution in [-0.4, -0.2) is 60.0 Å². The molecule has 0 radical (unpaired) electrons. The van der Waals surface area contributed by atoms with Crippen LogP contribution in [0.3, 0.4) is 0 Å². The molecule has 1 aromatic heterocycles. The molecular formula is C22H23N5O3S. The summed E-state index contributed by atoms with van der Waals surface area (Å²) in [5, 5.41) is 5.06. The van der Waals surface area contributed by atoms with Gasteiger partial charge in [-0.05, 0) is 18.6 Å². The largest absolute Gasteiger partial charge is 0.368 e. The van der Waals surface area contributed by atoms with E-state index in [1.54, 1.807) is 0 Å². The summed E-state index contributed by atoms with van der Waals surface area (Å²) in [7, 11) is 0. The van der Waals surface area contributed by atoms with E-state index in [0.29, 0.717) is 31.1 Å². The predicted octanol–water partition coefficient (Wildman–Crippen LogP) is 2.15. The average molecular weight is 438 g/mol. The molecule has 1 unspecified atom stereocenters. The Morgan fingerprint density at radius 2 is 1.90 bits per heavy atom. The number of aryl methyl sites for hydroxylation is 1. The fourth-order valence-corrected chi connectivity index (χ4v) is 4.25. The second-order valence-corrected chi connectivity index (χ2v) is 8.20. The van der Waals surface area contributed by atoms with E-state index in [9.17, 15) is 14.4 Å². The molecule has 2 aliphatic heterocycles. The van der Waals surface area contributed by atoms with E-state index in [-0.39, 0.29) is 17.7 Å². The van der Waals surface area contributed by atoms with Crippen molar-refractivity contribution in [2.75, 3.05) is 36.4 Å². The summed E-state index contributed by atoms with van der Waals surface area (Å²) in [4.78, 5) is 48.1. The van der Waals surface area contributed by atoms with Crippen LogP contribution in [0.15, 0.2) is 52.9 Å². The van der Waals surface area contributed by atoms with Gasteiger partial charge in [0.1, 0.15) is 0 Å². The molecule has 2 aliphatic rings. The standard InChI is InChI=1S/C22H23N5O3S/c28-19-8-6-16(14-23-19)21(30)25-22-24-17(15-31-22)7-9-20(29)27-12-10-26(11-13-27)18-4-2-1-3-5-18/h1-6,8,14-16H,7,9-13H2,(H,24,25,30). The summed E-state index contributed by atoms with van der Waals surface area (Å²) in [6, 6.07) is 10.2. The predicted molar refractivity (Wildman–Crippen MR) is 120 cm³/mol. The monoisotopic (exact) mass is 437 g/mol. The minimum absolute atomic E-state index is 0.125. The number of anilines is 2. The Morgan fingerprint density at radius 1 is 1.13 bits per heavy atom. The van der Waals surface area contributed by atoms with Crippen molar-refractivity contribution < 1.29 is 14.4 Å². The fraction of sp³-hybridized carbons (Fsp3) is 0.318. The van der Waals surface area contributed by atoms with E-state index in [2.05, 4.69) is 32.3 Å². The maximum absolute atomic E-state index is 12.6. The van der Waals surface area contributed by atoms with Crippen molar-refractivity contribution in [1.29, 1.82) is 0 Å². The minimum Gasteiger partial charge on any atom is -0.368 e. The molecule has 9 heteroatoms. The lowest BCUT2D eigenvalue weighted by Gasteiger charge is -2.36. The van der Waals surface area contributed by atoms with Crippen LogP contribution in [-0.2, 0) is 20.8 Å². The molecule has 2 aromatic rings. The SMILES string of the molecule is O=C1C=CC(C(=O)Nc2nc(CCC(=O)N3CCN(c4ccccc4)CC3)cs2)C=N1. The van der Waals surface area contributed by atoms with E-state index < -0.39 is 5.92 Å². The number of amides is 3. The number of piperazine rings is 1. The summed E-state index contributed by atoms with van der Waals surface area (Å²) in [5.74, 6) is -1.12. The maximum atomic E-state index is 12.6. The highest BCUT2D eigenvalue weighted by molar-refractivity contribution is 7.13. The Bertz CT molecular complexity index is 993. The zero-order valence-electron chi connectivity index (χ0n) is 16.9. The zero-order chi connectivity index (χ0) is 21.6. The van der Waals surface area contributed by atoms with Gasteiger partial charge in [0.25, 0.3) is 5.91 Å². The number of rotatable bonds is 6. The van der Waals surface area contributed by atoms with Crippen LogP contribution in [0.4, 0.5) is 10.8 Å². The zero-order valence-corrected chi connectivity index (χ0v) is 17.8. The molecule has 1 N–H and O–H groups in total. The number of aliphatic imine (C=N–C) groups is 1. The quantitative estimate of drug-likeness (QED) is 0.747. The molecule has 0 aliphatic carbocycles. The van der Waals surface area contributed by atoms with Crippen LogP contribution in [0.2, 0.25) is 0 Å². The third kappa shape index (κ3) is 5.43. The highest BCUT2D eigenvalue weighted by atomic mass is 32.1. The summed E-state index contributed by atoms with van der Waals surface area (Å²) >= 11 is 1.32. The van der Waals surface area contributed by atoms with E-state index in [0.717, 1.165) is 18.8 Å². The van der Waals surface area contributed by atoms with Gasteiger partial charge in [-0.15, -0.1) is 11.3 Å². The first kappa shape index (κ1) is 20.9. The maximum Gasteiger partial charge on any atom is 0.269 e. The number of benzene rings is 1. The van der Waals surface area contributed by atoms with Gasteiger partial charge in [-0.1, -0.05) is 24.3 Å². The Kier molecular flexibility index (Phi) is 6.51. The third-order valence-corrected chi connectivity index (χ3v) is 6.05. The number of thiazole rings is 1. The van der Waals surface area contributed by atoms with Gasteiger partial charge in [-0.2, -0.15) is 0 Å². The number of hydrogen-bond donors (Lipinski definition) is 1. The molecule has 0 saturated carbocycles. The molecule has 1 aromatic carbocycles. The topological polar surface area (TPSA) is 95.0 Å². The van der Waals surface area contributed by atoms with Crippen LogP contribution >= 0.6 is 11.3 Å². The van der Waals surface area contributed by atoms with Crippen molar-refractivity contribution in [3.8, 4) is 0 Å². The molecule has 1 atom stereocenters. The van der Waals surface area contributed by atoms with Crippen LogP contribution in [0.25, 0.3) is 0 Å². The highest BCUT2D eigenvalue weighted by Crippen LogP contribution is 2.19. The number of nitrogens with one attached hydrogen (secondary N) is 1. The second kappa shape index (κ2) is 9.65. The summed E-state index contributed by atoms with van der Waals surface area (Å²) < 4.78 is 0. The molecule has 1 fully saturated rings. The first-order valence-electron chi connectivity index (χ1n) is 10.2. The van der Waals surface area contributed by atoms with Gasteiger partial charge in [0.05, 0.1) is 11.6 Å². The number of dihydropyridines is 1. The smallest absolute Gasteiger partial charge is 0.269 e. The lowest BCUT2D eigenvalue weighted by atomic mass is 10.1. The normalized spacial score (nSPS) is 18.3. The molecule has 0 spiro atoms. The number of para-hydroxylation sites is 1. The van der Waals surface area contributed by atoms with Gasteiger partial charge >= 0.3 is 0 Å². The Hall–Kier alpha value is -3.33. The van der Waals surface area contributed by atoms with E-state index in [4.69, 9.17) is 0 Å². The van der Waals surface area contributed by atoms with Crippen LogP contribution < -0.4 is 10.2 Å². The lowest BCUT2D eigenvalue weighted by molar-refractivity contribution is -0.131. The van der Waals surface area contributed by atoms with E-state index in [1.165, 1.54) is 35.4 Å². The van der Waals surface area contributed by atoms with Gasteiger partial charge in [-0.25, -0.2) is 9.98 Å². The van der Waals surface area contributed by atoms with Crippen molar-refractivity contribution >= 4 is 46.1 Å². The highest BCUT2D eigenvalue weighted by Gasteiger charge is 2.22. The van der Waals surface area contributed by atoms with E-state index >= 15 is 0 Å². The van der Waals surface area contributed by atoms with E-state index in [1.807, 2.05) is 28.5 Å². The number of hydrogen-bond acceptors (Lipinski definition) is 6. The van der Waals surface area contributed by atoms with Crippen molar-refractivity contribution in [2.24, 2.45) is 10.9 Å². The Labute approximate surface area is 184 Å². The summed E-state index contributed by atoms with van der Waals surface area (Å²) in [6.07, 6.45) is 5.03.